The number of hydrogen-bond acceptors (Lipinski definition) is 4. The first-order valence-corrected chi connectivity index (χ1v) is 7.32. The second kappa shape index (κ2) is 6.40. The van der Waals surface area contributed by atoms with Gasteiger partial charge in [-0.05, 0) is 31.4 Å². The zero-order chi connectivity index (χ0) is 14.5. The molecule has 2 rings (SSSR count). The number of nitrogens with two attached hydrogens (primary N) is 1. The molecule has 2 heterocycles. The van der Waals surface area contributed by atoms with E-state index < -0.39 is 0 Å². The number of anilines is 1. The molecule has 0 aliphatic rings. The molecule has 0 aliphatic carbocycles. The number of unbranched alkanes of at least 4 members (excludes halogenated alkanes) is 2. The zero-order valence-corrected chi connectivity index (χ0v) is 12.2. The number of aromatic nitrogens is 1. The van der Waals surface area contributed by atoms with Gasteiger partial charge in [-0.15, -0.1) is 23.7 Å². The lowest BCUT2D eigenvalue weighted by Gasteiger charge is -2.03. The van der Waals surface area contributed by atoms with Crippen LogP contribution in [-0.4, -0.2) is 17.4 Å². The molecule has 0 spiro atoms. The molecule has 2 aromatic heterocycles. The number of aryl methyl sites for hydroxylation is 1. The summed E-state index contributed by atoms with van der Waals surface area (Å²) < 4.78 is 0. The Kier molecular flexibility index (Phi) is 4.59. The average molecular weight is 287 g/mol. The Hall–Kier alpha value is -2.06. The molecule has 0 saturated heterocycles. The van der Waals surface area contributed by atoms with Gasteiger partial charge in [0.2, 0.25) is 0 Å². The topological polar surface area (TPSA) is 68.0 Å². The lowest BCUT2D eigenvalue weighted by Crippen LogP contribution is -2.24. The molecule has 3 N–H and O–H groups in total. The van der Waals surface area contributed by atoms with Crippen molar-refractivity contribution in [1.29, 1.82) is 0 Å². The van der Waals surface area contributed by atoms with Crippen molar-refractivity contribution >= 4 is 33.1 Å². The zero-order valence-electron chi connectivity index (χ0n) is 11.4. The van der Waals surface area contributed by atoms with Crippen molar-refractivity contribution in [2.45, 2.75) is 26.2 Å². The molecule has 0 fully saturated rings. The minimum atomic E-state index is -0.134. The van der Waals surface area contributed by atoms with Crippen molar-refractivity contribution in [1.82, 2.24) is 10.3 Å². The maximum absolute atomic E-state index is 12.1. The number of rotatable bonds is 5. The Morgan fingerprint density at radius 1 is 1.55 bits per heavy atom. The van der Waals surface area contributed by atoms with Crippen molar-refractivity contribution in [3.05, 3.63) is 22.7 Å². The highest BCUT2D eigenvalue weighted by atomic mass is 32.1. The van der Waals surface area contributed by atoms with E-state index in [1.807, 2.05) is 13.0 Å². The number of amides is 1. The Bertz CT molecular complexity index is 670. The van der Waals surface area contributed by atoms with Crippen molar-refractivity contribution in [3.63, 3.8) is 0 Å². The molecule has 0 saturated carbocycles. The van der Waals surface area contributed by atoms with Crippen molar-refractivity contribution < 1.29 is 4.79 Å². The summed E-state index contributed by atoms with van der Waals surface area (Å²) >= 11 is 1.33. The molecule has 0 unspecified atom stereocenters. The molecule has 20 heavy (non-hydrogen) atoms. The van der Waals surface area contributed by atoms with Gasteiger partial charge >= 0.3 is 0 Å². The van der Waals surface area contributed by atoms with Gasteiger partial charge in [-0.1, -0.05) is 0 Å². The first-order chi connectivity index (χ1) is 9.65. The highest BCUT2D eigenvalue weighted by Gasteiger charge is 2.17. The first-order valence-electron chi connectivity index (χ1n) is 6.50. The van der Waals surface area contributed by atoms with E-state index in [4.69, 9.17) is 12.2 Å². The third-order valence-electron chi connectivity index (χ3n) is 3.08. The second-order valence-corrected chi connectivity index (χ2v) is 5.57. The van der Waals surface area contributed by atoms with E-state index in [1.165, 1.54) is 11.3 Å². The van der Waals surface area contributed by atoms with Crippen molar-refractivity contribution in [2.24, 2.45) is 0 Å². The molecule has 0 radical (unpaired) electrons. The SMILES string of the molecule is C#CCCCCNC(=O)c1sc2nccc(C)c2c1N. The molecule has 0 aromatic carbocycles. The van der Waals surface area contributed by atoms with E-state index in [2.05, 4.69) is 16.2 Å². The number of carbonyl (C=O) groups excluding carboxylic acids is 1. The van der Waals surface area contributed by atoms with Crippen LogP contribution >= 0.6 is 11.3 Å². The standard InChI is InChI=1S/C15H17N3OS/c1-3-4-5-6-8-17-14(19)13-12(16)11-10(2)7-9-18-15(11)20-13/h1,7,9H,4-6,8,16H2,2H3,(H,17,19). The van der Waals surface area contributed by atoms with Crippen LogP contribution in [0.25, 0.3) is 10.2 Å². The Morgan fingerprint density at radius 2 is 2.35 bits per heavy atom. The number of thiophene rings is 1. The molecule has 104 valence electrons. The van der Waals surface area contributed by atoms with Crippen LogP contribution in [0.1, 0.15) is 34.5 Å². The number of fused-ring (bicyclic) bond motifs is 1. The van der Waals surface area contributed by atoms with Gasteiger partial charge in [-0.3, -0.25) is 4.79 Å². The molecule has 0 atom stereocenters. The summed E-state index contributed by atoms with van der Waals surface area (Å²) in [6.45, 7) is 2.58. The van der Waals surface area contributed by atoms with Gasteiger partial charge in [0, 0.05) is 24.5 Å². The minimum absolute atomic E-state index is 0.134. The molecule has 0 bridgehead atoms. The van der Waals surface area contributed by atoms with Crippen LogP contribution in [-0.2, 0) is 0 Å². The fraction of sp³-hybridized carbons (Fsp3) is 0.333. The average Bonchev–Trinajstić information content (AvgIpc) is 2.77. The summed E-state index contributed by atoms with van der Waals surface area (Å²) in [6, 6.07) is 1.90. The largest absolute Gasteiger partial charge is 0.397 e. The van der Waals surface area contributed by atoms with E-state index >= 15 is 0 Å². The molecule has 4 nitrogen and oxygen atoms in total. The number of nitrogen functional groups attached to an aromatic ring is 1. The van der Waals surface area contributed by atoms with Crippen molar-refractivity contribution in [3.8, 4) is 12.3 Å². The van der Waals surface area contributed by atoms with Gasteiger partial charge in [0.15, 0.2) is 0 Å². The molecule has 2 aromatic rings. The van der Waals surface area contributed by atoms with Crippen LogP contribution in [0, 0.1) is 19.3 Å². The smallest absolute Gasteiger partial charge is 0.263 e. The van der Waals surface area contributed by atoms with Crippen LogP contribution in [0.2, 0.25) is 0 Å². The fourth-order valence-corrected chi connectivity index (χ4v) is 3.06. The summed E-state index contributed by atoms with van der Waals surface area (Å²) in [5.41, 5.74) is 7.64. The lowest BCUT2D eigenvalue weighted by molar-refractivity contribution is 0.0958. The minimum Gasteiger partial charge on any atom is -0.397 e. The van der Waals surface area contributed by atoms with Gasteiger partial charge < -0.3 is 11.1 Å². The molecular weight excluding hydrogens is 270 g/mol. The summed E-state index contributed by atoms with van der Waals surface area (Å²) in [6.07, 6.45) is 9.44. The Labute approximate surface area is 122 Å². The predicted molar refractivity (Wildman–Crippen MR) is 83.8 cm³/mol. The summed E-state index contributed by atoms with van der Waals surface area (Å²) in [7, 11) is 0. The molecular formula is C15H17N3OS. The Balaban J connectivity index is 2.09. The number of pyridine rings is 1. The highest BCUT2D eigenvalue weighted by molar-refractivity contribution is 7.21. The first kappa shape index (κ1) is 14.4. The molecule has 5 heteroatoms. The highest BCUT2D eigenvalue weighted by Crippen LogP contribution is 2.34. The van der Waals surface area contributed by atoms with Gasteiger partial charge in [-0.25, -0.2) is 4.98 Å². The summed E-state index contributed by atoms with van der Waals surface area (Å²) in [5, 5.41) is 3.76. The van der Waals surface area contributed by atoms with E-state index in [9.17, 15) is 4.79 Å². The fourth-order valence-electron chi connectivity index (χ4n) is 2.01. The van der Waals surface area contributed by atoms with E-state index in [0.717, 1.165) is 35.0 Å². The third kappa shape index (κ3) is 2.91. The van der Waals surface area contributed by atoms with Crippen LogP contribution in [0.15, 0.2) is 12.3 Å². The van der Waals surface area contributed by atoms with E-state index in [1.54, 1.807) is 6.20 Å². The van der Waals surface area contributed by atoms with Gasteiger partial charge in [0.1, 0.15) is 9.71 Å². The van der Waals surface area contributed by atoms with Crippen LogP contribution in [0.3, 0.4) is 0 Å². The number of carbonyl (C=O) groups is 1. The van der Waals surface area contributed by atoms with Crippen LogP contribution in [0.5, 0.6) is 0 Å². The van der Waals surface area contributed by atoms with Crippen molar-refractivity contribution in [2.75, 3.05) is 12.3 Å². The third-order valence-corrected chi connectivity index (χ3v) is 4.19. The monoisotopic (exact) mass is 287 g/mol. The van der Waals surface area contributed by atoms with Crippen LogP contribution < -0.4 is 11.1 Å². The molecule has 0 aliphatic heterocycles. The lowest BCUT2D eigenvalue weighted by atomic mass is 10.1. The van der Waals surface area contributed by atoms with Crippen LogP contribution in [0.4, 0.5) is 5.69 Å². The number of nitrogens with one attached hydrogen (secondary N) is 1. The number of hydrogen-bond donors (Lipinski definition) is 2. The van der Waals surface area contributed by atoms with E-state index in [0.29, 0.717) is 17.1 Å². The maximum Gasteiger partial charge on any atom is 0.263 e. The number of terminal acetylenes is 1. The summed E-state index contributed by atoms with van der Waals surface area (Å²) in [5.74, 6) is 2.45. The Morgan fingerprint density at radius 3 is 3.05 bits per heavy atom. The maximum atomic E-state index is 12.1. The second-order valence-electron chi connectivity index (χ2n) is 4.57. The van der Waals surface area contributed by atoms with Gasteiger partial charge in [-0.2, -0.15) is 0 Å². The van der Waals surface area contributed by atoms with Gasteiger partial charge in [0.05, 0.1) is 5.69 Å². The normalized spacial score (nSPS) is 10.4. The van der Waals surface area contributed by atoms with Gasteiger partial charge in [0.25, 0.3) is 5.91 Å². The predicted octanol–water partition coefficient (Wildman–Crippen LogP) is 2.72. The summed E-state index contributed by atoms with van der Waals surface area (Å²) in [4.78, 5) is 17.7. The molecule has 1 amide bonds. The number of nitrogens with zero attached hydrogens (tertiary/aromatic N) is 1. The quantitative estimate of drug-likeness (QED) is 0.656. The van der Waals surface area contributed by atoms with E-state index in [-0.39, 0.29) is 5.91 Å².